The van der Waals surface area contributed by atoms with E-state index in [2.05, 4.69) is 27.2 Å². The van der Waals surface area contributed by atoms with E-state index in [-0.39, 0.29) is 12.6 Å². The zero-order chi connectivity index (χ0) is 14.8. The summed E-state index contributed by atoms with van der Waals surface area (Å²) < 4.78 is 5.64. The van der Waals surface area contributed by atoms with Crippen molar-refractivity contribution in [3.8, 4) is 0 Å². The van der Waals surface area contributed by atoms with Crippen molar-refractivity contribution in [3.63, 3.8) is 0 Å². The SMILES string of the molecule is C[C@H](N)Cc1sc2c(NCc3cccs3)snc2c1CO. The average molecular weight is 340 g/mol. The highest BCUT2D eigenvalue weighted by Crippen LogP contribution is 2.39. The van der Waals surface area contributed by atoms with Crippen LogP contribution in [0.25, 0.3) is 10.2 Å². The van der Waals surface area contributed by atoms with Crippen LogP contribution in [-0.4, -0.2) is 15.5 Å². The van der Waals surface area contributed by atoms with E-state index in [9.17, 15) is 5.11 Å². The van der Waals surface area contributed by atoms with Crippen LogP contribution in [0.1, 0.15) is 22.2 Å². The zero-order valence-electron chi connectivity index (χ0n) is 11.6. The van der Waals surface area contributed by atoms with Gasteiger partial charge in [-0.25, -0.2) is 0 Å². The summed E-state index contributed by atoms with van der Waals surface area (Å²) in [6, 6.07) is 4.26. The van der Waals surface area contributed by atoms with Crippen LogP contribution in [0.5, 0.6) is 0 Å². The van der Waals surface area contributed by atoms with E-state index < -0.39 is 0 Å². The average Bonchev–Trinajstić information content (AvgIpc) is 3.12. The van der Waals surface area contributed by atoms with E-state index in [1.54, 1.807) is 22.7 Å². The lowest BCUT2D eigenvalue weighted by Gasteiger charge is -2.04. The van der Waals surface area contributed by atoms with Gasteiger partial charge in [0, 0.05) is 21.4 Å². The summed E-state index contributed by atoms with van der Waals surface area (Å²) in [5.41, 5.74) is 7.76. The molecule has 21 heavy (non-hydrogen) atoms. The van der Waals surface area contributed by atoms with Gasteiger partial charge in [-0.1, -0.05) is 6.07 Å². The summed E-state index contributed by atoms with van der Waals surface area (Å²) >= 11 is 4.90. The van der Waals surface area contributed by atoms with E-state index in [0.717, 1.165) is 38.6 Å². The number of hydrogen-bond acceptors (Lipinski definition) is 7. The van der Waals surface area contributed by atoms with Crippen LogP contribution in [0, 0.1) is 0 Å². The zero-order valence-corrected chi connectivity index (χ0v) is 14.1. The number of hydrogen-bond donors (Lipinski definition) is 3. The number of rotatable bonds is 6. The predicted molar refractivity (Wildman–Crippen MR) is 92.4 cm³/mol. The van der Waals surface area contributed by atoms with Crippen molar-refractivity contribution >= 4 is 49.4 Å². The number of aromatic nitrogens is 1. The van der Waals surface area contributed by atoms with E-state index >= 15 is 0 Å². The molecule has 0 radical (unpaired) electrons. The number of nitrogens with two attached hydrogens (primary N) is 1. The first-order chi connectivity index (χ1) is 10.2. The highest BCUT2D eigenvalue weighted by atomic mass is 32.1. The van der Waals surface area contributed by atoms with Crippen LogP contribution in [0.3, 0.4) is 0 Å². The number of aliphatic hydroxyl groups is 1. The molecule has 0 aromatic carbocycles. The number of aliphatic hydroxyl groups excluding tert-OH is 1. The summed E-state index contributed by atoms with van der Waals surface area (Å²) in [7, 11) is 0. The molecule has 1 atom stereocenters. The van der Waals surface area contributed by atoms with Crippen LogP contribution in [0.15, 0.2) is 17.5 Å². The highest BCUT2D eigenvalue weighted by Gasteiger charge is 2.18. The molecule has 3 heterocycles. The molecule has 3 rings (SSSR count). The van der Waals surface area contributed by atoms with Gasteiger partial charge in [0.2, 0.25) is 0 Å². The van der Waals surface area contributed by atoms with Crippen LogP contribution in [-0.2, 0) is 19.6 Å². The molecule has 0 spiro atoms. The van der Waals surface area contributed by atoms with Gasteiger partial charge in [0.1, 0.15) is 10.5 Å². The number of anilines is 1. The fourth-order valence-corrected chi connectivity index (χ4v) is 5.15. The highest BCUT2D eigenvalue weighted by molar-refractivity contribution is 7.24. The molecule has 7 heteroatoms. The second-order valence-electron chi connectivity index (χ2n) is 4.97. The first kappa shape index (κ1) is 14.9. The Hall–Kier alpha value is -0.990. The Bertz CT molecular complexity index is 715. The maximum Gasteiger partial charge on any atom is 0.127 e. The molecule has 0 bridgehead atoms. The number of fused-ring (bicyclic) bond motifs is 1. The molecule has 4 nitrogen and oxygen atoms in total. The maximum absolute atomic E-state index is 9.62. The van der Waals surface area contributed by atoms with Crippen molar-refractivity contribution in [2.75, 3.05) is 5.32 Å². The fourth-order valence-electron chi connectivity index (χ4n) is 2.20. The Labute approximate surface area is 135 Å². The third kappa shape index (κ3) is 3.12. The molecule has 3 aromatic rings. The topological polar surface area (TPSA) is 71.2 Å². The Morgan fingerprint density at radius 2 is 2.33 bits per heavy atom. The minimum absolute atomic E-state index is 0.0240. The molecule has 0 aliphatic heterocycles. The quantitative estimate of drug-likeness (QED) is 0.643. The standard InChI is InChI=1S/C14H17N3OS3/c1-8(15)5-11-10(7-18)12-13(20-11)14(21-17-12)16-6-9-3-2-4-19-9/h2-4,8,16,18H,5-7,15H2,1H3/t8-/m0/s1. The van der Waals surface area contributed by atoms with E-state index in [1.807, 2.05) is 6.92 Å². The first-order valence-electron chi connectivity index (χ1n) is 6.71. The Morgan fingerprint density at radius 3 is 3.00 bits per heavy atom. The van der Waals surface area contributed by atoms with E-state index in [0.29, 0.717) is 0 Å². The third-order valence-electron chi connectivity index (χ3n) is 3.17. The molecule has 3 aromatic heterocycles. The minimum Gasteiger partial charge on any atom is -0.392 e. The molecule has 0 fully saturated rings. The van der Waals surface area contributed by atoms with E-state index in [4.69, 9.17) is 5.73 Å². The van der Waals surface area contributed by atoms with Gasteiger partial charge in [0.05, 0.1) is 17.9 Å². The fraction of sp³-hybridized carbons (Fsp3) is 0.357. The summed E-state index contributed by atoms with van der Waals surface area (Å²) in [4.78, 5) is 2.45. The molecule has 4 N–H and O–H groups in total. The van der Waals surface area contributed by atoms with Crippen molar-refractivity contribution in [2.24, 2.45) is 5.73 Å². The summed E-state index contributed by atoms with van der Waals surface area (Å²) in [5, 5.41) is 16.2. The number of nitrogens with one attached hydrogen (secondary N) is 1. The molecule has 112 valence electrons. The molecule has 0 aliphatic carbocycles. The summed E-state index contributed by atoms with van der Waals surface area (Å²) in [6.45, 7) is 2.82. The van der Waals surface area contributed by atoms with Gasteiger partial charge in [-0.2, -0.15) is 4.37 Å². The van der Waals surface area contributed by atoms with Crippen molar-refractivity contribution in [1.82, 2.24) is 4.37 Å². The van der Waals surface area contributed by atoms with Gasteiger partial charge in [-0.15, -0.1) is 22.7 Å². The predicted octanol–water partition coefficient (Wildman–Crippen LogP) is 3.41. The van der Waals surface area contributed by atoms with Gasteiger partial charge in [0.25, 0.3) is 0 Å². The van der Waals surface area contributed by atoms with Crippen LogP contribution < -0.4 is 11.1 Å². The Balaban J connectivity index is 1.88. The van der Waals surface area contributed by atoms with Crippen molar-refractivity contribution in [1.29, 1.82) is 0 Å². The second kappa shape index (κ2) is 6.41. The van der Waals surface area contributed by atoms with Gasteiger partial charge < -0.3 is 16.2 Å². The van der Waals surface area contributed by atoms with Crippen LogP contribution >= 0.6 is 34.2 Å². The van der Waals surface area contributed by atoms with Crippen molar-refractivity contribution in [3.05, 3.63) is 32.8 Å². The largest absolute Gasteiger partial charge is 0.392 e. The lowest BCUT2D eigenvalue weighted by Crippen LogP contribution is -2.17. The molecular formula is C14H17N3OS3. The minimum atomic E-state index is 0.0240. The lowest BCUT2D eigenvalue weighted by molar-refractivity contribution is 0.282. The third-order valence-corrected chi connectivity index (χ3v) is 6.24. The smallest absolute Gasteiger partial charge is 0.127 e. The number of thiophene rings is 2. The van der Waals surface area contributed by atoms with Crippen LogP contribution in [0.4, 0.5) is 5.00 Å². The Morgan fingerprint density at radius 1 is 1.48 bits per heavy atom. The summed E-state index contributed by atoms with van der Waals surface area (Å²) in [6.07, 6.45) is 0.784. The van der Waals surface area contributed by atoms with Gasteiger partial charge in [-0.3, -0.25) is 0 Å². The molecule has 0 amide bonds. The molecule has 0 saturated heterocycles. The monoisotopic (exact) mass is 339 g/mol. The normalized spacial score (nSPS) is 12.9. The number of nitrogens with zero attached hydrogens (tertiary/aromatic N) is 1. The molecule has 0 unspecified atom stereocenters. The first-order valence-corrected chi connectivity index (χ1v) is 9.18. The van der Waals surface area contributed by atoms with Gasteiger partial charge >= 0.3 is 0 Å². The lowest BCUT2D eigenvalue weighted by atomic mass is 10.1. The molecule has 0 aliphatic rings. The second-order valence-corrected chi connectivity index (χ2v) is 7.88. The summed E-state index contributed by atoms with van der Waals surface area (Å²) in [5.74, 6) is 0. The molecule has 0 saturated carbocycles. The van der Waals surface area contributed by atoms with Crippen LogP contribution in [0.2, 0.25) is 0 Å². The van der Waals surface area contributed by atoms with Gasteiger partial charge in [-0.05, 0) is 36.3 Å². The van der Waals surface area contributed by atoms with Crippen molar-refractivity contribution in [2.45, 2.75) is 32.5 Å². The maximum atomic E-state index is 9.62. The van der Waals surface area contributed by atoms with Gasteiger partial charge in [0.15, 0.2) is 0 Å². The molecular weight excluding hydrogens is 322 g/mol. The van der Waals surface area contributed by atoms with E-state index in [1.165, 1.54) is 16.4 Å². The van der Waals surface area contributed by atoms with Crippen molar-refractivity contribution < 1.29 is 5.11 Å². The Kier molecular flexibility index (Phi) is 4.56.